The molecule has 0 unspecified atom stereocenters. The van der Waals surface area contributed by atoms with E-state index in [2.05, 4.69) is 25.1 Å². The minimum Gasteiger partial charge on any atom is -0.464 e. The molecule has 1 aromatic heterocycles. The van der Waals surface area contributed by atoms with Gasteiger partial charge in [-0.3, -0.25) is 9.59 Å². The second-order valence-electron chi connectivity index (χ2n) is 9.07. The maximum atomic E-state index is 13.5. The van der Waals surface area contributed by atoms with Crippen LogP contribution in [0.15, 0.2) is 77.4 Å². The monoisotopic (exact) mass is 454 g/mol. The molecule has 174 valence electrons. The number of benzene rings is 3. The minimum absolute atomic E-state index is 0.0733. The van der Waals surface area contributed by atoms with Gasteiger partial charge in [0.25, 0.3) is 5.91 Å². The van der Waals surface area contributed by atoms with Crippen LogP contribution in [-0.4, -0.2) is 47.3 Å². The lowest BCUT2D eigenvalue weighted by Crippen LogP contribution is -2.49. The molecule has 4 aromatic rings. The number of carbonyl (C=O) groups excluding carboxylic acids is 2. The molecular formula is C29H30N2O3. The standard InChI is InChI=1S/C29H30N2O3/c1-2-16-31(24-14-17-30(18-15-24)29(33)22-9-4-3-5-10-22)27(32)19-23-20-34-26-13-12-21-8-6-7-11-25(21)28(23)26/h3-13,20,24H,2,14-19H2,1H3. The second kappa shape index (κ2) is 9.72. The third-order valence-electron chi connectivity index (χ3n) is 6.88. The predicted molar refractivity (Wildman–Crippen MR) is 135 cm³/mol. The molecule has 5 nitrogen and oxygen atoms in total. The van der Waals surface area contributed by atoms with Crippen molar-refractivity contribution in [3.05, 3.63) is 84.1 Å². The Morgan fingerprint density at radius 1 is 0.971 bits per heavy atom. The molecule has 2 heterocycles. The summed E-state index contributed by atoms with van der Waals surface area (Å²) in [6, 6.07) is 21.8. The average Bonchev–Trinajstić information content (AvgIpc) is 3.30. The Morgan fingerprint density at radius 3 is 2.47 bits per heavy atom. The summed E-state index contributed by atoms with van der Waals surface area (Å²) in [5.74, 6) is 0.203. The fourth-order valence-electron chi connectivity index (χ4n) is 5.16. The number of hydrogen-bond acceptors (Lipinski definition) is 3. The zero-order chi connectivity index (χ0) is 23.5. The SMILES string of the molecule is CCCN(C(=O)Cc1coc2ccc3ccccc3c12)C1CCN(C(=O)c2ccccc2)CC1. The van der Waals surface area contributed by atoms with E-state index in [1.54, 1.807) is 6.26 Å². The molecule has 1 aliphatic heterocycles. The van der Waals surface area contributed by atoms with Crippen LogP contribution in [0.25, 0.3) is 21.7 Å². The number of piperidine rings is 1. The van der Waals surface area contributed by atoms with Crippen molar-refractivity contribution in [2.75, 3.05) is 19.6 Å². The quantitative estimate of drug-likeness (QED) is 0.377. The Hall–Kier alpha value is -3.60. The van der Waals surface area contributed by atoms with Crippen molar-refractivity contribution in [1.82, 2.24) is 9.80 Å². The van der Waals surface area contributed by atoms with Crippen LogP contribution < -0.4 is 0 Å². The summed E-state index contributed by atoms with van der Waals surface area (Å²) in [6.07, 6.45) is 4.58. The molecule has 3 aromatic carbocycles. The Kier molecular flexibility index (Phi) is 6.35. The number of rotatable bonds is 6. The van der Waals surface area contributed by atoms with Gasteiger partial charge in [0, 0.05) is 42.2 Å². The highest BCUT2D eigenvalue weighted by Crippen LogP contribution is 2.31. The molecule has 34 heavy (non-hydrogen) atoms. The first-order valence-electron chi connectivity index (χ1n) is 12.2. The normalized spacial score (nSPS) is 14.6. The van der Waals surface area contributed by atoms with Crippen LogP contribution in [0.2, 0.25) is 0 Å². The number of likely N-dealkylation sites (tertiary alicyclic amines) is 1. The highest BCUT2D eigenvalue weighted by molar-refractivity contribution is 6.08. The van der Waals surface area contributed by atoms with Gasteiger partial charge < -0.3 is 14.2 Å². The average molecular weight is 455 g/mol. The molecule has 5 heteroatoms. The first kappa shape index (κ1) is 22.2. The number of furan rings is 1. The van der Waals surface area contributed by atoms with E-state index >= 15 is 0 Å². The van der Waals surface area contributed by atoms with E-state index in [9.17, 15) is 9.59 Å². The van der Waals surface area contributed by atoms with Crippen molar-refractivity contribution in [2.45, 2.75) is 38.6 Å². The van der Waals surface area contributed by atoms with Crippen molar-refractivity contribution in [2.24, 2.45) is 0 Å². The molecule has 0 atom stereocenters. The summed E-state index contributed by atoms with van der Waals surface area (Å²) < 4.78 is 5.81. The van der Waals surface area contributed by atoms with Crippen molar-refractivity contribution < 1.29 is 14.0 Å². The zero-order valence-corrected chi connectivity index (χ0v) is 19.6. The van der Waals surface area contributed by atoms with Crippen LogP contribution in [0.5, 0.6) is 0 Å². The number of hydrogen-bond donors (Lipinski definition) is 0. The van der Waals surface area contributed by atoms with E-state index in [4.69, 9.17) is 4.42 Å². The number of amides is 2. The first-order valence-corrected chi connectivity index (χ1v) is 12.2. The van der Waals surface area contributed by atoms with E-state index in [0.29, 0.717) is 19.5 Å². The van der Waals surface area contributed by atoms with Gasteiger partial charge in [-0.05, 0) is 48.2 Å². The smallest absolute Gasteiger partial charge is 0.253 e. The van der Waals surface area contributed by atoms with Crippen LogP contribution in [-0.2, 0) is 11.2 Å². The Labute approximate surface area is 199 Å². The molecule has 0 radical (unpaired) electrons. The van der Waals surface area contributed by atoms with Crippen LogP contribution in [0, 0.1) is 0 Å². The molecule has 2 amide bonds. The maximum Gasteiger partial charge on any atom is 0.253 e. The van der Waals surface area contributed by atoms with Crippen LogP contribution in [0.4, 0.5) is 0 Å². The molecule has 1 saturated heterocycles. The van der Waals surface area contributed by atoms with Gasteiger partial charge in [0.15, 0.2) is 0 Å². The first-order chi connectivity index (χ1) is 16.7. The van der Waals surface area contributed by atoms with Gasteiger partial charge in [-0.1, -0.05) is 55.5 Å². The van der Waals surface area contributed by atoms with Gasteiger partial charge in [-0.2, -0.15) is 0 Å². The van der Waals surface area contributed by atoms with E-state index in [1.165, 1.54) is 0 Å². The third kappa shape index (κ3) is 4.30. The second-order valence-corrected chi connectivity index (χ2v) is 9.07. The highest BCUT2D eigenvalue weighted by Gasteiger charge is 2.30. The summed E-state index contributed by atoms with van der Waals surface area (Å²) in [5.41, 5.74) is 2.48. The zero-order valence-electron chi connectivity index (χ0n) is 19.6. The molecule has 1 fully saturated rings. The van der Waals surface area contributed by atoms with Crippen molar-refractivity contribution in [1.29, 1.82) is 0 Å². The molecule has 1 aliphatic rings. The molecule has 5 rings (SSSR count). The molecule has 0 saturated carbocycles. The maximum absolute atomic E-state index is 13.5. The van der Waals surface area contributed by atoms with Gasteiger partial charge in [-0.25, -0.2) is 0 Å². The van der Waals surface area contributed by atoms with Gasteiger partial charge in [0.2, 0.25) is 5.91 Å². The Balaban J connectivity index is 1.31. The molecule has 0 aliphatic carbocycles. The summed E-state index contributed by atoms with van der Waals surface area (Å²) in [6.45, 7) is 4.18. The van der Waals surface area contributed by atoms with E-state index in [-0.39, 0.29) is 17.9 Å². The summed E-state index contributed by atoms with van der Waals surface area (Å²) >= 11 is 0. The van der Waals surface area contributed by atoms with Gasteiger partial charge in [-0.15, -0.1) is 0 Å². The largest absolute Gasteiger partial charge is 0.464 e. The van der Waals surface area contributed by atoms with Crippen LogP contribution in [0.1, 0.15) is 42.1 Å². The van der Waals surface area contributed by atoms with E-state index in [1.807, 2.05) is 58.3 Å². The summed E-state index contributed by atoms with van der Waals surface area (Å²) in [4.78, 5) is 30.3. The third-order valence-corrected chi connectivity index (χ3v) is 6.88. The van der Waals surface area contributed by atoms with Crippen molar-refractivity contribution in [3.63, 3.8) is 0 Å². The summed E-state index contributed by atoms with van der Waals surface area (Å²) in [5, 5.41) is 3.29. The number of carbonyl (C=O) groups is 2. The van der Waals surface area contributed by atoms with E-state index < -0.39 is 0 Å². The molecule has 0 N–H and O–H groups in total. The van der Waals surface area contributed by atoms with Crippen LogP contribution >= 0.6 is 0 Å². The highest BCUT2D eigenvalue weighted by atomic mass is 16.3. The molecule has 0 bridgehead atoms. The van der Waals surface area contributed by atoms with Crippen LogP contribution in [0.3, 0.4) is 0 Å². The van der Waals surface area contributed by atoms with Crippen molar-refractivity contribution >= 4 is 33.6 Å². The van der Waals surface area contributed by atoms with Crippen molar-refractivity contribution in [3.8, 4) is 0 Å². The van der Waals surface area contributed by atoms with Gasteiger partial charge in [0.1, 0.15) is 5.58 Å². The Bertz CT molecular complexity index is 1300. The Morgan fingerprint density at radius 2 is 1.71 bits per heavy atom. The molecule has 0 spiro atoms. The fourth-order valence-corrected chi connectivity index (χ4v) is 5.16. The number of fused-ring (bicyclic) bond motifs is 3. The van der Waals surface area contributed by atoms with Gasteiger partial charge in [0.05, 0.1) is 12.7 Å². The minimum atomic E-state index is 0.0733. The van der Waals surface area contributed by atoms with Gasteiger partial charge >= 0.3 is 0 Å². The number of nitrogens with zero attached hydrogens (tertiary/aromatic N) is 2. The van der Waals surface area contributed by atoms with E-state index in [0.717, 1.165) is 58.7 Å². The topological polar surface area (TPSA) is 53.8 Å². The fraction of sp³-hybridized carbons (Fsp3) is 0.310. The lowest BCUT2D eigenvalue weighted by Gasteiger charge is -2.38. The predicted octanol–water partition coefficient (Wildman–Crippen LogP) is 5.67. The molecular weight excluding hydrogens is 424 g/mol. The lowest BCUT2D eigenvalue weighted by molar-refractivity contribution is -0.133. The lowest BCUT2D eigenvalue weighted by atomic mass is 9.99. The summed E-state index contributed by atoms with van der Waals surface area (Å²) in [7, 11) is 0.